The highest BCUT2D eigenvalue weighted by Gasteiger charge is 2.14. The van der Waals surface area contributed by atoms with E-state index in [2.05, 4.69) is 51.4 Å². The molecule has 2 N–H and O–H groups in total. The lowest BCUT2D eigenvalue weighted by Gasteiger charge is -2.13. The van der Waals surface area contributed by atoms with Crippen LogP contribution in [0.2, 0.25) is 0 Å². The largest absolute Gasteiger partial charge is 0.496 e. The number of halogens is 1. The van der Waals surface area contributed by atoms with Gasteiger partial charge in [0.05, 0.1) is 7.11 Å². The van der Waals surface area contributed by atoms with Crippen LogP contribution in [0.3, 0.4) is 0 Å². The molecule has 0 unspecified atom stereocenters. The Morgan fingerprint density at radius 3 is 2.86 bits per heavy atom. The average Bonchev–Trinajstić information content (AvgIpc) is 2.92. The fourth-order valence-electron chi connectivity index (χ4n) is 3.57. The molecule has 0 radical (unpaired) electrons. The van der Waals surface area contributed by atoms with Gasteiger partial charge in [-0.05, 0) is 44.7 Å². The summed E-state index contributed by atoms with van der Waals surface area (Å²) in [5, 5.41) is 15.5. The molecule has 0 spiro atoms. The molecule has 0 amide bonds. The Bertz CT molecular complexity index is 804. The van der Waals surface area contributed by atoms with Crippen molar-refractivity contribution in [1.29, 1.82) is 0 Å². The van der Waals surface area contributed by atoms with Crippen LogP contribution in [0.5, 0.6) is 5.75 Å². The maximum Gasteiger partial charge on any atom is 0.191 e. The SMILES string of the molecule is CCNC(=NCc1nnc2n1CCCCC2)NCCc1cc(C)ccc1OC.I. The number of aliphatic imine (C=N–C) groups is 1. The molecule has 8 heteroatoms. The van der Waals surface area contributed by atoms with Crippen molar-refractivity contribution in [2.45, 2.75) is 59.0 Å². The minimum absolute atomic E-state index is 0. The minimum Gasteiger partial charge on any atom is -0.496 e. The molecule has 0 saturated heterocycles. The van der Waals surface area contributed by atoms with Crippen LogP contribution >= 0.6 is 24.0 Å². The van der Waals surface area contributed by atoms with E-state index in [-0.39, 0.29) is 24.0 Å². The molecule has 29 heavy (non-hydrogen) atoms. The van der Waals surface area contributed by atoms with Crippen molar-refractivity contribution in [2.75, 3.05) is 20.2 Å². The number of nitrogens with zero attached hydrogens (tertiary/aromatic N) is 4. The van der Waals surface area contributed by atoms with Crippen molar-refractivity contribution in [3.63, 3.8) is 0 Å². The molecule has 160 valence electrons. The molecule has 7 nitrogen and oxygen atoms in total. The number of benzene rings is 1. The number of rotatable bonds is 7. The van der Waals surface area contributed by atoms with Gasteiger partial charge in [0.15, 0.2) is 11.8 Å². The van der Waals surface area contributed by atoms with E-state index >= 15 is 0 Å². The monoisotopic (exact) mass is 512 g/mol. The van der Waals surface area contributed by atoms with Crippen LogP contribution in [-0.4, -0.2) is 40.9 Å². The molecule has 1 aliphatic rings. The van der Waals surface area contributed by atoms with E-state index in [1.807, 2.05) is 6.07 Å². The zero-order valence-electron chi connectivity index (χ0n) is 17.7. The summed E-state index contributed by atoms with van der Waals surface area (Å²) in [7, 11) is 1.72. The fourth-order valence-corrected chi connectivity index (χ4v) is 3.57. The van der Waals surface area contributed by atoms with E-state index in [1.165, 1.54) is 30.4 Å². The van der Waals surface area contributed by atoms with Crippen LogP contribution in [0.1, 0.15) is 49.0 Å². The summed E-state index contributed by atoms with van der Waals surface area (Å²) in [5.41, 5.74) is 2.44. The maximum atomic E-state index is 5.47. The first-order valence-electron chi connectivity index (χ1n) is 10.3. The van der Waals surface area contributed by atoms with Gasteiger partial charge in [0.25, 0.3) is 0 Å². The number of ether oxygens (including phenoxy) is 1. The van der Waals surface area contributed by atoms with E-state index in [0.29, 0.717) is 6.54 Å². The molecular formula is C21H33IN6O. The third-order valence-corrected chi connectivity index (χ3v) is 5.03. The summed E-state index contributed by atoms with van der Waals surface area (Å²) in [4.78, 5) is 4.73. The van der Waals surface area contributed by atoms with Gasteiger partial charge < -0.3 is 19.9 Å². The number of hydrogen-bond donors (Lipinski definition) is 2. The predicted octanol–water partition coefficient (Wildman–Crippen LogP) is 3.24. The van der Waals surface area contributed by atoms with Crippen molar-refractivity contribution >= 4 is 29.9 Å². The molecule has 0 fully saturated rings. The predicted molar refractivity (Wildman–Crippen MR) is 127 cm³/mol. The van der Waals surface area contributed by atoms with E-state index in [4.69, 9.17) is 9.73 Å². The fraction of sp³-hybridized carbons (Fsp3) is 0.571. The summed E-state index contributed by atoms with van der Waals surface area (Å²) in [6.45, 7) is 7.31. The van der Waals surface area contributed by atoms with Crippen molar-refractivity contribution in [3.8, 4) is 5.75 Å². The normalized spacial score (nSPS) is 13.8. The van der Waals surface area contributed by atoms with Crippen LogP contribution in [0.15, 0.2) is 23.2 Å². The number of methoxy groups -OCH3 is 1. The number of nitrogens with one attached hydrogen (secondary N) is 2. The third-order valence-electron chi connectivity index (χ3n) is 5.03. The smallest absolute Gasteiger partial charge is 0.191 e. The Kier molecular flexibility index (Phi) is 9.69. The average molecular weight is 512 g/mol. The standard InChI is InChI=1S/C21H32N6O.HI/c1-4-22-21(23-12-11-17-14-16(2)9-10-18(17)28-3)24-15-20-26-25-19-8-6-5-7-13-27(19)20;/h9-10,14H,4-8,11-13,15H2,1-3H3,(H2,22,23,24);1H. The summed E-state index contributed by atoms with van der Waals surface area (Å²) in [6, 6.07) is 6.28. The lowest BCUT2D eigenvalue weighted by Crippen LogP contribution is -2.38. The second-order valence-corrected chi connectivity index (χ2v) is 7.18. The third kappa shape index (κ3) is 6.58. The van der Waals surface area contributed by atoms with Crippen molar-refractivity contribution < 1.29 is 4.74 Å². The van der Waals surface area contributed by atoms with Gasteiger partial charge in [0.2, 0.25) is 0 Å². The zero-order chi connectivity index (χ0) is 19.8. The van der Waals surface area contributed by atoms with Gasteiger partial charge in [-0.1, -0.05) is 24.1 Å². The molecule has 1 aromatic carbocycles. The second kappa shape index (κ2) is 12.0. The lowest BCUT2D eigenvalue weighted by molar-refractivity contribution is 0.409. The maximum absolute atomic E-state index is 5.47. The Morgan fingerprint density at radius 2 is 2.07 bits per heavy atom. The molecule has 0 atom stereocenters. The molecule has 0 aliphatic carbocycles. The van der Waals surface area contributed by atoms with Gasteiger partial charge >= 0.3 is 0 Å². The van der Waals surface area contributed by atoms with Crippen LogP contribution < -0.4 is 15.4 Å². The van der Waals surface area contributed by atoms with E-state index in [0.717, 1.165) is 55.8 Å². The van der Waals surface area contributed by atoms with Gasteiger partial charge in [-0.15, -0.1) is 34.2 Å². The van der Waals surface area contributed by atoms with E-state index in [1.54, 1.807) is 7.11 Å². The van der Waals surface area contributed by atoms with Crippen LogP contribution in [0.4, 0.5) is 0 Å². The first kappa shape index (κ1) is 23.4. The topological polar surface area (TPSA) is 76.4 Å². The van der Waals surface area contributed by atoms with Gasteiger partial charge in [-0.3, -0.25) is 0 Å². The summed E-state index contributed by atoms with van der Waals surface area (Å²) in [5.74, 6) is 3.79. The van der Waals surface area contributed by atoms with Gasteiger partial charge in [-0.2, -0.15) is 0 Å². The van der Waals surface area contributed by atoms with Crippen LogP contribution in [0, 0.1) is 6.92 Å². The zero-order valence-corrected chi connectivity index (χ0v) is 20.0. The summed E-state index contributed by atoms with van der Waals surface area (Å²) < 4.78 is 7.72. The Hall–Kier alpha value is -1.84. The number of hydrogen-bond acceptors (Lipinski definition) is 4. The molecule has 0 saturated carbocycles. The first-order valence-corrected chi connectivity index (χ1v) is 10.3. The highest BCUT2D eigenvalue weighted by atomic mass is 127. The molecular weight excluding hydrogens is 479 g/mol. The highest BCUT2D eigenvalue weighted by Crippen LogP contribution is 2.19. The van der Waals surface area contributed by atoms with Crippen molar-refractivity contribution in [2.24, 2.45) is 4.99 Å². The lowest BCUT2D eigenvalue weighted by atomic mass is 10.1. The Morgan fingerprint density at radius 1 is 1.21 bits per heavy atom. The molecule has 3 rings (SSSR count). The van der Waals surface area contributed by atoms with E-state index < -0.39 is 0 Å². The Labute approximate surface area is 190 Å². The number of aromatic nitrogens is 3. The Balaban J connectivity index is 0.00000300. The second-order valence-electron chi connectivity index (χ2n) is 7.18. The highest BCUT2D eigenvalue weighted by molar-refractivity contribution is 14.0. The summed E-state index contributed by atoms with van der Waals surface area (Å²) >= 11 is 0. The van der Waals surface area contributed by atoms with Gasteiger partial charge in [0.1, 0.15) is 18.1 Å². The molecule has 2 aromatic rings. The van der Waals surface area contributed by atoms with Gasteiger partial charge in [0, 0.05) is 26.1 Å². The summed E-state index contributed by atoms with van der Waals surface area (Å²) in [6.07, 6.45) is 5.55. The van der Waals surface area contributed by atoms with Crippen LogP contribution in [0.25, 0.3) is 0 Å². The van der Waals surface area contributed by atoms with Crippen molar-refractivity contribution in [1.82, 2.24) is 25.4 Å². The number of aryl methyl sites for hydroxylation is 2. The molecule has 1 aromatic heterocycles. The quantitative estimate of drug-likeness (QED) is 0.339. The molecule has 1 aliphatic heterocycles. The van der Waals surface area contributed by atoms with Gasteiger partial charge in [-0.25, -0.2) is 4.99 Å². The number of fused-ring (bicyclic) bond motifs is 1. The van der Waals surface area contributed by atoms with Crippen molar-refractivity contribution in [3.05, 3.63) is 41.0 Å². The first-order chi connectivity index (χ1) is 13.7. The minimum atomic E-state index is 0. The molecule has 0 bridgehead atoms. The van der Waals surface area contributed by atoms with Crippen LogP contribution in [-0.2, 0) is 25.9 Å². The number of guanidine groups is 1. The molecule has 2 heterocycles. The van der Waals surface area contributed by atoms with E-state index in [9.17, 15) is 0 Å².